The molecule has 1 aromatic carbocycles. The fourth-order valence-electron chi connectivity index (χ4n) is 2.88. The molecule has 1 aliphatic heterocycles. The summed E-state index contributed by atoms with van der Waals surface area (Å²) in [4.78, 5) is 21.3. The standard InChI is InChI=1S/C19H18N4O2/c1-10-11(2)17(23-19(25-4)16(10)8-20)18(24)22-14-6-5-13-9-21-12(3)15(13)7-14/h5-7H,9H2,1-4H3,(H,22,24). The van der Waals surface area contributed by atoms with Crippen LogP contribution in [0.4, 0.5) is 5.69 Å². The highest BCUT2D eigenvalue weighted by atomic mass is 16.5. The Morgan fingerprint density at radius 2 is 2.04 bits per heavy atom. The molecule has 1 aromatic heterocycles. The van der Waals surface area contributed by atoms with Crippen LogP contribution in [-0.2, 0) is 6.54 Å². The Balaban J connectivity index is 1.95. The van der Waals surface area contributed by atoms with Crippen LogP contribution in [0.3, 0.4) is 0 Å². The van der Waals surface area contributed by atoms with Gasteiger partial charge in [-0.1, -0.05) is 6.07 Å². The van der Waals surface area contributed by atoms with Gasteiger partial charge in [0, 0.05) is 17.0 Å². The third kappa shape index (κ3) is 2.85. The minimum atomic E-state index is -0.337. The number of pyridine rings is 1. The SMILES string of the molecule is COc1nc(C(=O)Nc2ccc3c(c2)C(C)=NC3)c(C)c(C)c1C#N. The van der Waals surface area contributed by atoms with Crippen molar-refractivity contribution in [3.05, 3.63) is 51.7 Å². The Kier molecular flexibility index (Phi) is 4.24. The van der Waals surface area contributed by atoms with Gasteiger partial charge < -0.3 is 10.1 Å². The zero-order valence-corrected chi connectivity index (χ0v) is 14.6. The number of aliphatic imine (C=N–C) groups is 1. The second-order valence-corrected chi connectivity index (χ2v) is 5.93. The summed E-state index contributed by atoms with van der Waals surface area (Å²) in [6.45, 7) is 6.20. The van der Waals surface area contributed by atoms with E-state index in [1.165, 1.54) is 7.11 Å². The fraction of sp³-hybridized carbons (Fsp3) is 0.263. The van der Waals surface area contributed by atoms with Crippen LogP contribution in [0.5, 0.6) is 5.88 Å². The number of methoxy groups -OCH3 is 1. The lowest BCUT2D eigenvalue weighted by Crippen LogP contribution is -2.17. The van der Waals surface area contributed by atoms with Gasteiger partial charge >= 0.3 is 0 Å². The molecule has 3 rings (SSSR count). The number of carbonyl (C=O) groups is 1. The number of ether oxygens (including phenoxy) is 1. The minimum absolute atomic E-state index is 0.160. The van der Waals surface area contributed by atoms with Crippen LogP contribution in [0.25, 0.3) is 0 Å². The Hall–Kier alpha value is -3.20. The lowest BCUT2D eigenvalue weighted by Gasteiger charge is -2.13. The molecule has 2 heterocycles. The van der Waals surface area contributed by atoms with Crippen LogP contribution in [0, 0.1) is 25.2 Å². The van der Waals surface area contributed by atoms with Gasteiger partial charge in [-0.25, -0.2) is 4.98 Å². The van der Waals surface area contributed by atoms with Crippen molar-refractivity contribution >= 4 is 17.3 Å². The predicted octanol–water partition coefficient (Wildman–Crippen LogP) is 3.15. The zero-order chi connectivity index (χ0) is 18.1. The fourth-order valence-corrected chi connectivity index (χ4v) is 2.88. The zero-order valence-electron chi connectivity index (χ0n) is 14.6. The highest BCUT2D eigenvalue weighted by molar-refractivity contribution is 6.06. The number of carbonyl (C=O) groups excluding carboxylic acids is 1. The van der Waals surface area contributed by atoms with Crippen LogP contribution in [-0.4, -0.2) is 23.7 Å². The topological polar surface area (TPSA) is 87.4 Å². The summed E-state index contributed by atoms with van der Waals surface area (Å²) in [5.74, 6) is -0.177. The van der Waals surface area contributed by atoms with Gasteiger partial charge in [0.25, 0.3) is 5.91 Å². The van der Waals surface area contributed by atoms with Crippen molar-refractivity contribution in [2.75, 3.05) is 12.4 Å². The minimum Gasteiger partial charge on any atom is -0.480 e. The van der Waals surface area contributed by atoms with E-state index in [0.29, 0.717) is 28.9 Å². The van der Waals surface area contributed by atoms with Crippen LogP contribution in [0.1, 0.15) is 45.2 Å². The molecule has 6 nitrogen and oxygen atoms in total. The lowest BCUT2D eigenvalue weighted by atomic mass is 10.0. The quantitative estimate of drug-likeness (QED) is 0.934. The summed E-state index contributed by atoms with van der Waals surface area (Å²) in [6.07, 6.45) is 0. The van der Waals surface area contributed by atoms with Crippen molar-refractivity contribution in [2.45, 2.75) is 27.3 Å². The third-order valence-corrected chi connectivity index (χ3v) is 4.48. The Labute approximate surface area is 146 Å². The maximum Gasteiger partial charge on any atom is 0.274 e. The van der Waals surface area contributed by atoms with Crippen LogP contribution in [0.2, 0.25) is 0 Å². The largest absolute Gasteiger partial charge is 0.480 e. The van der Waals surface area contributed by atoms with E-state index in [9.17, 15) is 10.1 Å². The average Bonchev–Trinajstić information content (AvgIpc) is 2.97. The molecule has 1 N–H and O–H groups in total. The molecule has 0 fully saturated rings. The van der Waals surface area contributed by atoms with Crippen molar-refractivity contribution in [3.63, 3.8) is 0 Å². The Morgan fingerprint density at radius 3 is 2.72 bits per heavy atom. The summed E-state index contributed by atoms with van der Waals surface area (Å²) >= 11 is 0. The number of anilines is 1. The smallest absolute Gasteiger partial charge is 0.274 e. The number of hydrogen-bond acceptors (Lipinski definition) is 5. The number of hydrogen-bond donors (Lipinski definition) is 1. The van der Waals surface area contributed by atoms with Crippen molar-refractivity contribution < 1.29 is 9.53 Å². The van der Waals surface area contributed by atoms with Crippen LogP contribution in [0.15, 0.2) is 23.2 Å². The van der Waals surface area contributed by atoms with Crippen molar-refractivity contribution in [1.82, 2.24) is 4.98 Å². The number of benzene rings is 1. The lowest BCUT2D eigenvalue weighted by molar-refractivity contribution is 0.102. The molecule has 0 saturated heterocycles. The second-order valence-electron chi connectivity index (χ2n) is 5.93. The first-order chi connectivity index (χ1) is 12.0. The van der Waals surface area contributed by atoms with Gasteiger partial charge in [-0.15, -0.1) is 0 Å². The van der Waals surface area contributed by atoms with E-state index in [2.05, 4.69) is 21.4 Å². The van der Waals surface area contributed by atoms with Gasteiger partial charge in [0.1, 0.15) is 17.3 Å². The van der Waals surface area contributed by atoms with Gasteiger partial charge in [-0.3, -0.25) is 9.79 Å². The molecule has 25 heavy (non-hydrogen) atoms. The maximum atomic E-state index is 12.7. The number of nitrogens with zero attached hydrogens (tertiary/aromatic N) is 3. The highest BCUT2D eigenvalue weighted by Gasteiger charge is 2.20. The molecule has 0 unspecified atom stereocenters. The molecule has 0 aliphatic carbocycles. The third-order valence-electron chi connectivity index (χ3n) is 4.48. The molecule has 1 aliphatic rings. The van der Waals surface area contributed by atoms with Crippen LogP contribution >= 0.6 is 0 Å². The van der Waals surface area contributed by atoms with Gasteiger partial charge in [-0.05, 0) is 49.6 Å². The average molecular weight is 334 g/mol. The first-order valence-corrected chi connectivity index (χ1v) is 7.87. The number of nitrogens with one attached hydrogen (secondary N) is 1. The highest BCUT2D eigenvalue weighted by Crippen LogP contribution is 2.26. The van der Waals surface area contributed by atoms with Gasteiger partial charge in [-0.2, -0.15) is 5.26 Å². The van der Waals surface area contributed by atoms with Gasteiger partial charge in [0.2, 0.25) is 5.88 Å². The number of fused-ring (bicyclic) bond motifs is 1. The molecule has 0 bridgehead atoms. The summed E-state index contributed by atoms with van der Waals surface area (Å²) in [5.41, 5.74) is 5.81. The van der Waals surface area contributed by atoms with E-state index >= 15 is 0 Å². The van der Waals surface area contributed by atoms with E-state index in [4.69, 9.17) is 4.74 Å². The monoisotopic (exact) mass is 334 g/mol. The molecule has 0 radical (unpaired) electrons. The van der Waals surface area contributed by atoms with E-state index in [-0.39, 0.29) is 17.5 Å². The number of nitriles is 1. The van der Waals surface area contributed by atoms with E-state index in [0.717, 1.165) is 16.8 Å². The molecule has 2 aromatic rings. The van der Waals surface area contributed by atoms with Crippen molar-refractivity contribution in [1.29, 1.82) is 5.26 Å². The normalized spacial score (nSPS) is 12.2. The van der Waals surface area contributed by atoms with Crippen molar-refractivity contribution in [2.24, 2.45) is 4.99 Å². The molecular weight excluding hydrogens is 316 g/mol. The molecule has 0 spiro atoms. The number of aromatic nitrogens is 1. The first kappa shape index (κ1) is 16.7. The second kappa shape index (κ2) is 6.36. The Morgan fingerprint density at radius 1 is 1.28 bits per heavy atom. The summed E-state index contributed by atoms with van der Waals surface area (Å²) in [7, 11) is 1.43. The Bertz CT molecular complexity index is 955. The summed E-state index contributed by atoms with van der Waals surface area (Å²) in [6, 6.07) is 7.81. The van der Waals surface area contributed by atoms with E-state index < -0.39 is 0 Å². The molecular formula is C19H18N4O2. The van der Waals surface area contributed by atoms with E-state index in [1.54, 1.807) is 13.8 Å². The summed E-state index contributed by atoms with van der Waals surface area (Å²) < 4.78 is 5.16. The molecule has 1 amide bonds. The predicted molar refractivity (Wildman–Crippen MR) is 95.3 cm³/mol. The molecule has 6 heteroatoms. The first-order valence-electron chi connectivity index (χ1n) is 7.87. The number of amides is 1. The maximum absolute atomic E-state index is 12.7. The molecule has 0 saturated carbocycles. The molecule has 126 valence electrons. The van der Waals surface area contributed by atoms with Gasteiger partial charge in [0.15, 0.2) is 0 Å². The van der Waals surface area contributed by atoms with E-state index in [1.807, 2.05) is 25.1 Å². The van der Waals surface area contributed by atoms with Gasteiger partial charge in [0.05, 0.1) is 13.7 Å². The molecule has 0 atom stereocenters. The van der Waals surface area contributed by atoms with Crippen LogP contribution < -0.4 is 10.1 Å². The summed E-state index contributed by atoms with van der Waals surface area (Å²) in [5, 5.41) is 12.1. The number of rotatable bonds is 3. The van der Waals surface area contributed by atoms with Crippen molar-refractivity contribution in [3.8, 4) is 11.9 Å².